The molecule has 0 atom stereocenters. The summed E-state index contributed by atoms with van der Waals surface area (Å²) in [6.07, 6.45) is 1.33. The summed E-state index contributed by atoms with van der Waals surface area (Å²) in [6, 6.07) is 7.15. The van der Waals surface area contributed by atoms with Crippen molar-refractivity contribution in [3.05, 3.63) is 34.3 Å². The number of halogens is 2. The Labute approximate surface area is 145 Å². The third kappa shape index (κ3) is 5.94. The van der Waals surface area contributed by atoms with Gasteiger partial charge < -0.3 is 15.5 Å². The van der Waals surface area contributed by atoms with E-state index in [1.54, 1.807) is 12.1 Å². The highest BCUT2D eigenvalue weighted by atomic mass is 79.9. The van der Waals surface area contributed by atoms with E-state index >= 15 is 0 Å². The number of rotatable bonds is 4. The molecule has 122 valence electrons. The Bertz CT molecular complexity index is 488. The minimum atomic E-state index is -0.146. The molecule has 2 amide bonds. The summed E-state index contributed by atoms with van der Waals surface area (Å²) in [5.74, 6) is -0.0392. The topological polar surface area (TPSA) is 61.4 Å². The SMILES string of the molecule is Cl.O=C(NCCC(=O)N1CCCNCC1)c1ccc(Br)cc1. The van der Waals surface area contributed by atoms with Crippen LogP contribution in [0.25, 0.3) is 0 Å². The summed E-state index contributed by atoms with van der Waals surface area (Å²) in [4.78, 5) is 25.8. The third-order valence-electron chi connectivity index (χ3n) is 3.42. The van der Waals surface area contributed by atoms with Crippen LogP contribution in [-0.4, -0.2) is 49.4 Å². The monoisotopic (exact) mass is 389 g/mol. The molecule has 2 N–H and O–H groups in total. The van der Waals surface area contributed by atoms with Crippen LogP contribution in [0.4, 0.5) is 0 Å². The molecule has 7 heteroatoms. The highest BCUT2D eigenvalue weighted by Crippen LogP contribution is 2.10. The van der Waals surface area contributed by atoms with Crippen LogP contribution in [0.15, 0.2) is 28.7 Å². The molecule has 0 radical (unpaired) electrons. The molecule has 0 bridgehead atoms. The number of nitrogens with zero attached hydrogens (tertiary/aromatic N) is 1. The van der Waals surface area contributed by atoms with E-state index in [0.717, 1.165) is 37.1 Å². The molecule has 5 nitrogen and oxygen atoms in total. The van der Waals surface area contributed by atoms with Crippen molar-refractivity contribution in [2.45, 2.75) is 12.8 Å². The average Bonchev–Trinajstić information content (AvgIpc) is 2.77. The Morgan fingerprint density at radius 3 is 2.64 bits per heavy atom. The van der Waals surface area contributed by atoms with Crippen molar-refractivity contribution < 1.29 is 9.59 Å². The second-order valence-electron chi connectivity index (χ2n) is 5.00. The molecule has 1 aromatic carbocycles. The third-order valence-corrected chi connectivity index (χ3v) is 3.95. The Hall–Kier alpha value is -1.11. The number of nitrogens with one attached hydrogen (secondary N) is 2. The van der Waals surface area contributed by atoms with Crippen molar-refractivity contribution in [3.8, 4) is 0 Å². The van der Waals surface area contributed by atoms with Crippen LogP contribution < -0.4 is 10.6 Å². The number of benzene rings is 1. The quantitative estimate of drug-likeness (QED) is 0.824. The van der Waals surface area contributed by atoms with Crippen molar-refractivity contribution in [3.63, 3.8) is 0 Å². The van der Waals surface area contributed by atoms with Gasteiger partial charge in [-0.15, -0.1) is 12.4 Å². The molecule has 1 aliphatic rings. The molecule has 1 fully saturated rings. The van der Waals surface area contributed by atoms with Gasteiger partial charge in [0.25, 0.3) is 5.91 Å². The zero-order valence-corrected chi connectivity index (χ0v) is 14.7. The van der Waals surface area contributed by atoms with Gasteiger partial charge in [-0.2, -0.15) is 0 Å². The van der Waals surface area contributed by atoms with E-state index < -0.39 is 0 Å². The van der Waals surface area contributed by atoms with Crippen molar-refractivity contribution in [1.82, 2.24) is 15.5 Å². The maximum atomic E-state index is 12.1. The molecule has 22 heavy (non-hydrogen) atoms. The summed E-state index contributed by atoms with van der Waals surface area (Å²) < 4.78 is 0.934. The molecule has 0 saturated carbocycles. The fourth-order valence-corrected chi connectivity index (χ4v) is 2.50. The molecule has 1 heterocycles. The molecule has 0 aromatic heterocycles. The molecule has 1 aromatic rings. The van der Waals surface area contributed by atoms with Gasteiger partial charge >= 0.3 is 0 Å². The summed E-state index contributed by atoms with van der Waals surface area (Å²) in [6.45, 7) is 3.73. The first-order chi connectivity index (χ1) is 10.2. The Kier molecular flexibility index (Phi) is 8.45. The molecular formula is C15H21BrClN3O2. The number of hydrogen-bond donors (Lipinski definition) is 2. The van der Waals surface area contributed by atoms with Gasteiger partial charge in [0.1, 0.15) is 0 Å². The molecule has 2 rings (SSSR count). The molecule has 0 unspecified atom stereocenters. The maximum absolute atomic E-state index is 12.1. The summed E-state index contributed by atoms with van der Waals surface area (Å²) in [5, 5.41) is 6.05. The van der Waals surface area contributed by atoms with Crippen LogP contribution in [0, 0.1) is 0 Å². The van der Waals surface area contributed by atoms with E-state index in [4.69, 9.17) is 0 Å². The lowest BCUT2D eigenvalue weighted by Gasteiger charge is -2.19. The fourth-order valence-electron chi connectivity index (χ4n) is 2.24. The number of carbonyl (C=O) groups excluding carboxylic acids is 2. The lowest BCUT2D eigenvalue weighted by Crippen LogP contribution is -2.36. The van der Waals surface area contributed by atoms with E-state index in [-0.39, 0.29) is 24.2 Å². The molecule has 1 aliphatic heterocycles. The van der Waals surface area contributed by atoms with E-state index in [1.807, 2.05) is 17.0 Å². The second-order valence-corrected chi connectivity index (χ2v) is 5.91. The van der Waals surface area contributed by atoms with Gasteiger partial charge in [0.15, 0.2) is 0 Å². The van der Waals surface area contributed by atoms with E-state index in [0.29, 0.717) is 18.5 Å². The average molecular weight is 391 g/mol. The Balaban J connectivity index is 0.00000242. The zero-order chi connectivity index (χ0) is 15.1. The van der Waals surface area contributed by atoms with Crippen molar-refractivity contribution in [1.29, 1.82) is 0 Å². The van der Waals surface area contributed by atoms with Gasteiger partial charge in [-0.3, -0.25) is 9.59 Å². The molecule has 0 aliphatic carbocycles. The fraction of sp³-hybridized carbons (Fsp3) is 0.467. The highest BCUT2D eigenvalue weighted by Gasteiger charge is 2.15. The van der Waals surface area contributed by atoms with Gasteiger partial charge in [-0.1, -0.05) is 15.9 Å². The van der Waals surface area contributed by atoms with Crippen LogP contribution in [0.2, 0.25) is 0 Å². The van der Waals surface area contributed by atoms with Crippen LogP contribution in [0.1, 0.15) is 23.2 Å². The molecule has 1 saturated heterocycles. The summed E-state index contributed by atoms with van der Waals surface area (Å²) in [5.41, 5.74) is 0.602. The minimum Gasteiger partial charge on any atom is -0.352 e. The first-order valence-corrected chi connectivity index (χ1v) is 7.98. The Morgan fingerprint density at radius 1 is 1.18 bits per heavy atom. The normalized spacial score (nSPS) is 14.7. The highest BCUT2D eigenvalue weighted by molar-refractivity contribution is 9.10. The number of amides is 2. The van der Waals surface area contributed by atoms with Gasteiger partial charge in [0, 0.05) is 42.6 Å². The van der Waals surface area contributed by atoms with E-state index in [9.17, 15) is 9.59 Å². The molecular weight excluding hydrogens is 370 g/mol. The van der Waals surface area contributed by atoms with Gasteiger partial charge in [0.2, 0.25) is 5.91 Å². The van der Waals surface area contributed by atoms with Gasteiger partial charge in [-0.05, 0) is 37.2 Å². The first-order valence-electron chi connectivity index (χ1n) is 7.19. The molecule has 0 spiro atoms. The number of hydrogen-bond acceptors (Lipinski definition) is 3. The van der Waals surface area contributed by atoms with Crippen LogP contribution >= 0.6 is 28.3 Å². The minimum absolute atomic E-state index is 0. The summed E-state index contributed by atoms with van der Waals surface area (Å²) >= 11 is 3.33. The maximum Gasteiger partial charge on any atom is 0.251 e. The number of carbonyl (C=O) groups is 2. The van der Waals surface area contributed by atoms with Crippen molar-refractivity contribution >= 4 is 40.2 Å². The van der Waals surface area contributed by atoms with Gasteiger partial charge in [0.05, 0.1) is 0 Å². The van der Waals surface area contributed by atoms with E-state index in [2.05, 4.69) is 26.6 Å². The van der Waals surface area contributed by atoms with Crippen LogP contribution in [0.5, 0.6) is 0 Å². The van der Waals surface area contributed by atoms with E-state index in [1.165, 1.54) is 0 Å². The largest absolute Gasteiger partial charge is 0.352 e. The standard InChI is InChI=1S/C15H20BrN3O2.ClH/c16-13-4-2-12(3-5-13)15(21)18-8-6-14(20)19-10-1-7-17-9-11-19;/h2-5,17H,1,6-11H2,(H,18,21);1H. The van der Waals surface area contributed by atoms with Gasteiger partial charge in [-0.25, -0.2) is 0 Å². The van der Waals surface area contributed by atoms with Crippen LogP contribution in [0.3, 0.4) is 0 Å². The lowest BCUT2D eigenvalue weighted by atomic mass is 10.2. The predicted molar refractivity (Wildman–Crippen MR) is 92.4 cm³/mol. The van der Waals surface area contributed by atoms with Crippen LogP contribution in [-0.2, 0) is 4.79 Å². The van der Waals surface area contributed by atoms with Crippen molar-refractivity contribution in [2.75, 3.05) is 32.7 Å². The second kappa shape index (κ2) is 9.82. The smallest absolute Gasteiger partial charge is 0.251 e. The zero-order valence-electron chi connectivity index (χ0n) is 12.3. The van der Waals surface area contributed by atoms with Crippen molar-refractivity contribution in [2.24, 2.45) is 0 Å². The first kappa shape index (κ1) is 18.9. The Morgan fingerprint density at radius 2 is 1.91 bits per heavy atom. The summed E-state index contributed by atoms with van der Waals surface area (Å²) in [7, 11) is 0. The lowest BCUT2D eigenvalue weighted by molar-refractivity contribution is -0.130. The predicted octanol–water partition coefficient (Wildman–Crippen LogP) is 1.81.